The summed E-state index contributed by atoms with van der Waals surface area (Å²) in [5.74, 6) is -0.472. The lowest BCUT2D eigenvalue weighted by atomic mass is 10.1. The third-order valence-corrected chi connectivity index (χ3v) is 2.48. The van der Waals surface area contributed by atoms with Gasteiger partial charge in [-0.25, -0.2) is 0 Å². The minimum atomic E-state index is -0.621. The maximum absolute atomic E-state index is 10.8. The predicted molar refractivity (Wildman–Crippen MR) is 70.0 cm³/mol. The van der Waals surface area contributed by atoms with Gasteiger partial charge in [0.1, 0.15) is 0 Å². The highest BCUT2D eigenvalue weighted by Crippen LogP contribution is 2.18. The first kappa shape index (κ1) is 15.4. The average Bonchev–Trinajstić information content (AvgIpc) is 2.62. The zero-order valence-corrected chi connectivity index (χ0v) is 9.96. The van der Waals surface area contributed by atoms with Crippen LogP contribution < -0.4 is 11.5 Å². The zero-order valence-electron chi connectivity index (χ0n) is 9.14. The van der Waals surface area contributed by atoms with E-state index in [1.165, 1.54) is 0 Å². The number of hydrogen-bond donors (Lipinski definition) is 3. The van der Waals surface area contributed by atoms with Crippen LogP contribution in [-0.4, -0.2) is 22.4 Å². The van der Waals surface area contributed by atoms with Crippen molar-refractivity contribution in [3.05, 3.63) is 36.0 Å². The fourth-order valence-corrected chi connectivity index (χ4v) is 1.64. The van der Waals surface area contributed by atoms with E-state index in [1.807, 2.05) is 30.5 Å². The van der Waals surface area contributed by atoms with Crippen LogP contribution in [0.15, 0.2) is 30.5 Å². The SMILES string of the molecule is Cl.NC(=O)C(N)Cc1c[nH]c2ccccc12.O. The molecule has 6 heteroatoms. The van der Waals surface area contributed by atoms with Gasteiger partial charge in [-0.05, 0) is 18.1 Å². The van der Waals surface area contributed by atoms with Crippen LogP contribution in [0.3, 0.4) is 0 Å². The quantitative estimate of drug-likeness (QED) is 0.724. The first-order valence-electron chi connectivity index (χ1n) is 4.78. The van der Waals surface area contributed by atoms with Crippen LogP contribution in [0.1, 0.15) is 5.56 Å². The van der Waals surface area contributed by atoms with E-state index < -0.39 is 11.9 Å². The molecular weight excluding hydrogens is 242 g/mol. The molecular formula is C11H16ClN3O2. The van der Waals surface area contributed by atoms with Gasteiger partial charge in [-0.3, -0.25) is 4.79 Å². The third-order valence-electron chi connectivity index (χ3n) is 2.48. The molecule has 1 aromatic carbocycles. The monoisotopic (exact) mass is 257 g/mol. The summed E-state index contributed by atoms with van der Waals surface area (Å²) in [6, 6.07) is 7.26. The molecule has 0 fully saturated rings. The molecule has 0 spiro atoms. The normalized spacial score (nSPS) is 11.4. The number of H-pyrrole nitrogens is 1. The highest BCUT2D eigenvalue weighted by Gasteiger charge is 2.12. The average molecular weight is 258 g/mol. The topological polar surface area (TPSA) is 116 Å². The van der Waals surface area contributed by atoms with Gasteiger partial charge in [0, 0.05) is 17.1 Å². The fourth-order valence-electron chi connectivity index (χ4n) is 1.64. The summed E-state index contributed by atoms with van der Waals surface area (Å²) >= 11 is 0. The lowest BCUT2D eigenvalue weighted by molar-refractivity contribution is -0.119. The lowest BCUT2D eigenvalue weighted by Crippen LogP contribution is -2.38. The van der Waals surface area contributed by atoms with Crippen molar-refractivity contribution < 1.29 is 10.3 Å². The molecule has 0 saturated heterocycles. The molecule has 1 atom stereocenters. The number of nitrogens with one attached hydrogen (secondary N) is 1. The van der Waals surface area contributed by atoms with Crippen molar-refractivity contribution in [3.63, 3.8) is 0 Å². The Bertz CT molecular complexity index is 498. The van der Waals surface area contributed by atoms with Crippen molar-refractivity contribution >= 4 is 29.2 Å². The molecule has 0 aliphatic heterocycles. The van der Waals surface area contributed by atoms with Gasteiger partial charge in [0.05, 0.1) is 6.04 Å². The molecule has 1 amide bonds. The van der Waals surface area contributed by atoms with E-state index in [0.717, 1.165) is 16.5 Å². The number of carbonyl (C=O) groups excluding carboxylic acids is 1. The predicted octanol–water partition coefficient (Wildman–Crippen LogP) is 0.120. The Morgan fingerprint density at radius 2 is 2.00 bits per heavy atom. The van der Waals surface area contributed by atoms with E-state index in [9.17, 15) is 4.79 Å². The number of aromatic nitrogens is 1. The molecule has 1 aromatic heterocycles. The molecule has 2 rings (SSSR count). The molecule has 0 radical (unpaired) electrons. The van der Waals surface area contributed by atoms with Crippen molar-refractivity contribution in [2.75, 3.05) is 0 Å². The van der Waals surface area contributed by atoms with E-state index in [0.29, 0.717) is 6.42 Å². The highest BCUT2D eigenvalue weighted by molar-refractivity contribution is 5.85. The number of primary amides is 1. The Labute approximate surface area is 105 Å². The van der Waals surface area contributed by atoms with E-state index >= 15 is 0 Å². The largest absolute Gasteiger partial charge is 0.412 e. The second-order valence-electron chi connectivity index (χ2n) is 3.57. The molecule has 0 aliphatic carbocycles. The minimum absolute atomic E-state index is 0. The molecule has 0 bridgehead atoms. The molecule has 94 valence electrons. The first-order chi connectivity index (χ1) is 7.18. The van der Waals surface area contributed by atoms with Crippen molar-refractivity contribution in [2.45, 2.75) is 12.5 Å². The van der Waals surface area contributed by atoms with Crippen LogP contribution in [0.2, 0.25) is 0 Å². The number of amides is 1. The van der Waals surface area contributed by atoms with Crippen LogP contribution in [-0.2, 0) is 11.2 Å². The maximum Gasteiger partial charge on any atom is 0.234 e. The Morgan fingerprint density at radius 1 is 1.35 bits per heavy atom. The van der Waals surface area contributed by atoms with Crippen molar-refractivity contribution in [2.24, 2.45) is 11.5 Å². The van der Waals surface area contributed by atoms with Gasteiger partial charge in [-0.1, -0.05) is 18.2 Å². The van der Waals surface area contributed by atoms with Gasteiger partial charge < -0.3 is 21.9 Å². The molecule has 0 aliphatic rings. The van der Waals surface area contributed by atoms with Crippen LogP contribution in [0, 0.1) is 0 Å². The number of carbonyl (C=O) groups is 1. The van der Waals surface area contributed by atoms with E-state index in [-0.39, 0.29) is 17.9 Å². The second kappa shape index (κ2) is 6.24. The Kier molecular flexibility index (Phi) is 5.67. The summed E-state index contributed by atoms with van der Waals surface area (Å²) in [6.45, 7) is 0. The van der Waals surface area contributed by atoms with Gasteiger partial charge in [0.25, 0.3) is 0 Å². The maximum atomic E-state index is 10.8. The highest BCUT2D eigenvalue weighted by atomic mass is 35.5. The van der Waals surface area contributed by atoms with Crippen LogP contribution in [0.5, 0.6) is 0 Å². The minimum Gasteiger partial charge on any atom is -0.412 e. The lowest BCUT2D eigenvalue weighted by Gasteiger charge is -2.05. The standard InChI is InChI=1S/C11H13N3O.ClH.H2O/c12-9(11(13)15)5-7-6-14-10-4-2-1-3-8(7)10;;/h1-4,6,9,14H,5,12H2,(H2,13,15);1H;1H2. The van der Waals surface area contributed by atoms with E-state index in [4.69, 9.17) is 11.5 Å². The summed E-state index contributed by atoms with van der Waals surface area (Å²) in [4.78, 5) is 14.0. The Hall–Kier alpha value is -1.56. The Balaban J connectivity index is 0.00000128. The molecule has 17 heavy (non-hydrogen) atoms. The van der Waals surface area contributed by atoms with Crippen molar-refractivity contribution in [3.8, 4) is 0 Å². The number of halogens is 1. The Morgan fingerprint density at radius 3 is 2.65 bits per heavy atom. The summed E-state index contributed by atoms with van der Waals surface area (Å²) in [5, 5.41) is 1.09. The number of aromatic amines is 1. The number of rotatable bonds is 3. The molecule has 1 unspecified atom stereocenters. The van der Waals surface area contributed by atoms with Crippen LogP contribution in [0.25, 0.3) is 10.9 Å². The van der Waals surface area contributed by atoms with Crippen molar-refractivity contribution in [1.82, 2.24) is 4.98 Å². The van der Waals surface area contributed by atoms with Gasteiger partial charge >= 0.3 is 0 Å². The number of benzene rings is 1. The molecule has 1 heterocycles. The van der Waals surface area contributed by atoms with E-state index in [2.05, 4.69) is 4.98 Å². The number of nitrogens with two attached hydrogens (primary N) is 2. The summed E-state index contributed by atoms with van der Waals surface area (Å²) in [7, 11) is 0. The van der Waals surface area contributed by atoms with Crippen LogP contribution in [0.4, 0.5) is 0 Å². The summed E-state index contributed by atoms with van der Waals surface area (Å²) in [5.41, 5.74) is 12.8. The van der Waals surface area contributed by atoms with Crippen molar-refractivity contribution in [1.29, 1.82) is 0 Å². The molecule has 5 nitrogen and oxygen atoms in total. The van der Waals surface area contributed by atoms with Gasteiger partial charge in [-0.15, -0.1) is 12.4 Å². The first-order valence-corrected chi connectivity index (χ1v) is 4.78. The summed E-state index contributed by atoms with van der Waals surface area (Å²) < 4.78 is 0. The fraction of sp³-hybridized carbons (Fsp3) is 0.182. The molecule has 0 saturated carbocycles. The number of fused-ring (bicyclic) bond motifs is 1. The number of para-hydroxylation sites is 1. The zero-order chi connectivity index (χ0) is 10.8. The van der Waals surface area contributed by atoms with Gasteiger partial charge in [0.2, 0.25) is 5.91 Å². The molecule has 7 N–H and O–H groups in total. The van der Waals surface area contributed by atoms with Gasteiger partial charge in [-0.2, -0.15) is 0 Å². The van der Waals surface area contributed by atoms with E-state index in [1.54, 1.807) is 0 Å². The third kappa shape index (κ3) is 3.20. The van der Waals surface area contributed by atoms with Gasteiger partial charge in [0.15, 0.2) is 0 Å². The second-order valence-corrected chi connectivity index (χ2v) is 3.57. The number of hydrogen-bond acceptors (Lipinski definition) is 2. The molecule has 2 aromatic rings. The smallest absolute Gasteiger partial charge is 0.234 e. The van der Waals surface area contributed by atoms with Crippen LogP contribution >= 0.6 is 12.4 Å². The summed E-state index contributed by atoms with van der Waals surface area (Å²) in [6.07, 6.45) is 2.34.